The van der Waals surface area contributed by atoms with E-state index >= 15 is 0 Å². The van der Waals surface area contributed by atoms with E-state index in [1.165, 1.54) is 25.3 Å². The molecule has 0 spiro atoms. The van der Waals surface area contributed by atoms with Crippen molar-refractivity contribution >= 4 is 11.8 Å². The van der Waals surface area contributed by atoms with Crippen LogP contribution in [-0.4, -0.2) is 48.0 Å². The molecule has 1 saturated heterocycles. The minimum absolute atomic E-state index is 0. The van der Waals surface area contributed by atoms with E-state index in [4.69, 9.17) is 0 Å². The predicted octanol–water partition coefficient (Wildman–Crippen LogP) is -0.348. The number of nitrogens with zero attached hydrogens (tertiary/aromatic N) is 1. The van der Waals surface area contributed by atoms with Gasteiger partial charge < -0.3 is 15.9 Å². The highest BCUT2D eigenvalue weighted by atomic mass is 32.2. The maximum atomic E-state index is 2.42. The van der Waals surface area contributed by atoms with Gasteiger partial charge in [0.25, 0.3) is 0 Å². The first kappa shape index (κ1) is 13.8. The van der Waals surface area contributed by atoms with E-state index < -0.39 is 0 Å². The molecule has 1 rings (SSSR count). The Kier molecular flexibility index (Phi) is 8.67. The molecule has 4 heteroatoms. The summed E-state index contributed by atoms with van der Waals surface area (Å²) in [6.07, 6.45) is 3.61. The zero-order chi connectivity index (χ0) is 6.69. The van der Waals surface area contributed by atoms with Gasteiger partial charge >= 0.3 is 0 Å². The van der Waals surface area contributed by atoms with E-state index in [1.807, 2.05) is 11.8 Å². The fourth-order valence-electron chi connectivity index (χ4n) is 1.40. The monoisotopic (exact) mass is 181 g/mol. The Balaban J connectivity index is 0. The van der Waals surface area contributed by atoms with E-state index in [0.717, 1.165) is 5.92 Å². The largest absolute Gasteiger partial charge is 0.412 e. The topological polar surface area (TPSA) is 66.2 Å². The standard InChI is InChI=1S/C7H15NS.2H2O/c1-8-4-3-7(5-8)6-9-2;;/h7H,3-6H2,1-2H3;2*1H2/t7-;;/m0../s1. The van der Waals surface area contributed by atoms with Gasteiger partial charge in [-0.1, -0.05) is 0 Å². The summed E-state index contributed by atoms with van der Waals surface area (Å²) in [4.78, 5) is 2.42. The minimum Gasteiger partial charge on any atom is -0.412 e. The molecular weight excluding hydrogens is 162 g/mol. The smallest absolute Gasteiger partial charge is 0.00150 e. The Bertz CT molecular complexity index is 90.5. The molecule has 0 bridgehead atoms. The normalized spacial score (nSPS) is 24.0. The second-order valence-corrected chi connectivity index (χ2v) is 3.78. The Morgan fingerprint density at radius 2 is 2.09 bits per heavy atom. The lowest BCUT2D eigenvalue weighted by Gasteiger charge is -2.07. The maximum absolute atomic E-state index is 2.42. The van der Waals surface area contributed by atoms with E-state index in [0.29, 0.717) is 0 Å². The molecule has 0 amide bonds. The highest BCUT2D eigenvalue weighted by Gasteiger charge is 2.17. The third-order valence-electron chi connectivity index (χ3n) is 1.89. The van der Waals surface area contributed by atoms with Crippen molar-refractivity contribution in [2.24, 2.45) is 5.92 Å². The number of thioether (sulfide) groups is 1. The van der Waals surface area contributed by atoms with E-state index in [2.05, 4.69) is 18.2 Å². The molecule has 1 heterocycles. The van der Waals surface area contributed by atoms with Crippen molar-refractivity contribution in [1.29, 1.82) is 0 Å². The molecule has 70 valence electrons. The Morgan fingerprint density at radius 3 is 2.45 bits per heavy atom. The zero-order valence-corrected chi connectivity index (χ0v) is 8.08. The van der Waals surface area contributed by atoms with Crippen LogP contribution in [0.4, 0.5) is 0 Å². The molecule has 0 aromatic rings. The van der Waals surface area contributed by atoms with Crippen molar-refractivity contribution in [3.05, 3.63) is 0 Å². The van der Waals surface area contributed by atoms with Crippen LogP contribution in [0.15, 0.2) is 0 Å². The molecule has 0 radical (unpaired) electrons. The molecule has 3 nitrogen and oxygen atoms in total. The van der Waals surface area contributed by atoms with Gasteiger partial charge in [-0.25, -0.2) is 0 Å². The second-order valence-electron chi connectivity index (χ2n) is 2.87. The fourth-order valence-corrected chi connectivity index (χ4v) is 2.14. The molecular formula is C7H19NO2S. The first-order chi connectivity index (χ1) is 4.33. The maximum Gasteiger partial charge on any atom is 0.00150 e. The van der Waals surface area contributed by atoms with Gasteiger partial charge in [-0.15, -0.1) is 0 Å². The van der Waals surface area contributed by atoms with Crippen LogP contribution in [0, 0.1) is 5.92 Å². The summed E-state index contributed by atoms with van der Waals surface area (Å²) in [5.41, 5.74) is 0. The molecule has 0 aliphatic carbocycles. The highest BCUT2D eigenvalue weighted by Crippen LogP contribution is 2.17. The van der Waals surface area contributed by atoms with Crippen molar-refractivity contribution in [3.8, 4) is 0 Å². The number of rotatable bonds is 2. The van der Waals surface area contributed by atoms with Gasteiger partial charge in [0, 0.05) is 6.54 Å². The van der Waals surface area contributed by atoms with Crippen LogP contribution in [0.3, 0.4) is 0 Å². The quantitative estimate of drug-likeness (QED) is 0.584. The van der Waals surface area contributed by atoms with Crippen LogP contribution >= 0.6 is 11.8 Å². The SMILES string of the molecule is CSC[C@H]1CCN(C)C1.O.O. The molecule has 11 heavy (non-hydrogen) atoms. The van der Waals surface area contributed by atoms with Crippen molar-refractivity contribution in [1.82, 2.24) is 4.90 Å². The molecule has 1 aliphatic rings. The van der Waals surface area contributed by atoms with Crippen molar-refractivity contribution in [3.63, 3.8) is 0 Å². The van der Waals surface area contributed by atoms with Crippen LogP contribution in [0.1, 0.15) is 6.42 Å². The van der Waals surface area contributed by atoms with Crippen LogP contribution in [0.5, 0.6) is 0 Å². The average molecular weight is 181 g/mol. The molecule has 0 aromatic heterocycles. The van der Waals surface area contributed by atoms with Gasteiger partial charge in [-0.3, -0.25) is 0 Å². The van der Waals surface area contributed by atoms with E-state index in [-0.39, 0.29) is 11.0 Å². The lowest BCUT2D eigenvalue weighted by molar-refractivity contribution is 0.403. The summed E-state index contributed by atoms with van der Waals surface area (Å²) in [5.74, 6) is 2.33. The zero-order valence-electron chi connectivity index (χ0n) is 7.26. The van der Waals surface area contributed by atoms with Crippen LogP contribution in [-0.2, 0) is 0 Å². The average Bonchev–Trinajstić information content (AvgIpc) is 2.17. The molecule has 1 atom stereocenters. The number of hydrogen-bond acceptors (Lipinski definition) is 2. The van der Waals surface area contributed by atoms with Crippen LogP contribution in [0.2, 0.25) is 0 Å². The first-order valence-corrected chi connectivity index (χ1v) is 4.90. The Morgan fingerprint density at radius 1 is 1.45 bits per heavy atom. The van der Waals surface area contributed by atoms with Crippen LogP contribution in [0.25, 0.3) is 0 Å². The summed E-state index contributed by atoms with van der Waals surface area (Å²) in [5, 5.41) is 0. The van der Waals surface area contributed by atoms with Gasteiger partial charge in [0.1, 0.15) is 0 Å². The third kappa shape index (κ3) is 4.63. The summed E-state index contributed by atoms with van der Waals surface area (Å²) >= 11 is 1.97. The van der Waals surface area contributed by atoms with Gasteiger partial charge in [0.15, 0.2) is 0 Å². The number of hydrogen-bond donors (Lipinski definition) is 0. The Labute approximate surface area is 72.8 Å². The van der Waals surface area contributed by atoms with Crippen molar-refractivity contribution in [2.75, 3.05) is 32.1 Å². The minimum atomic E-state index is 0. The molecule has 0 unspecified atom stereocenters. The molecule has 0 aromatic carbocycles. The molecule has 1 fully saturated rings. The second kappa shape index (κ2) is 6.91. The van der Waals surface area contributed by atoms with E-state index in [1.54, 1.807) is 0 Å². The Hall–Kier alpha value is 0.230. The van der Waals surface area contributed by atoms with Crippen LogP contribution < -0.4 is 0 Å². The van der Waals surface area contributed by atoms with Gasteiger partial charge in [-0.05, 0) is 37.9 Å². The molecule has 1 aliphatic heterocycles. The van der Waals surface area contributed by atoms with Gasteiger partial charge in [0.05, 0.1) is 0 Å². The van der Waals surface area contributed by atoms with Gasteiger partial charge in [-0.2, -0.15) is 11.8 Å². The van der Waals surface area contributed by atoms with E-state index in [9.17, 15) is 0 Å². The van der Waals surface area contributed by atoms with Crippen molar-refractivity contribution in [2.45, 2.75) is 6.42 Å². The summed E-state index contributed by atoms with van der Waals surface area (Å²) in [7, 11) is 2.21. The molecule has 4 N–H and O–H groups in total. The predicted molar refractivity (Wildman–Crippen MR) is 51.2 cm³/mol. The highest BCUT2D eigenvalue weighted by molar-refractivity contribution is 7.98. The van der Waals surface area contributed by atoms with Gasteiger partial charge in [0.2, 0.25) is 0 Å². The fraction of sp³-hybridized carbons (Fsp3) is 1.00. The summed E-state index contributed by atoms with van der Waals surface area (Å²) < 4.78 is 0. The summed E-state index contributed by atoms with van der Waals surface area (Å²) in [6.45, 7) is 2.63. The first-order valence-electron chi connectivity index (χ1n) is 3.50. The van der Waals surface area contributed by atoms with Crippen molar-refractivity contribution < 1.29 is 11.0 Å². The molecule has 0 saturated carbocycles. The summed E-state index contributed by atoms with van der Waals surface area (Å²) in [6, 6.07) is 0. The lowest BCUT2D eigenvalue weighted by atomic mass is 10.2. The number of likely N-dealkylation sites (tertiary alicyclic amines) is 1. The lowest BCUT2D eigenvalue weighted by Crippen LogP contribution is -2.14. The third-order valence-corrected chi connectivity index (χ3v) is 2.70.